The van der Waals surface area contributed by atoms with E-state index in [2.05, 4.69) is 25.3 Å². The summed E-state index contributed by atoms with van der Waals surface area (Å²) in [6.45, 7) is 0.428. The van der Waals surface area contributed by atoms with Gasteiger partial charge >= 0.3 is 6.18 Å². The van der Waals surface area contributed by atoms with E-state index in [0.29, 0.717) is 35.0 Å². The SMILES string of the molecule is COc1ccc(CN(c2ncns2)S(=O)(=O)c2ccc3c(c2)OCCN3c2ccc(C(F)(F)F)cc2Br)c(OC)c1. The molecule has 2 heterocycles. The van der Waals surface area contributed by atoms with Crippen molar-refractivity contribution in [3.63, 3.8) is 0 Å². The van der Waals surface area contributed by atoms with Crippen molar-refractivity contribution in [2.75, 3.05) is 36.6 Å². The Kier molecular flexibility index (Phi) is 8.03. The average molecular weight is 672 g/mol. The van der Waals surface area contributed by atoms with Crippen LogP contribution >= 0.6 is 27.5 Å². The Bertz CT molecular complexity index is 1670. The quantitative estimate of drug-likeness (QED) is 0.217. The Morgan fingerprint density at radius 1 is 1.07 bits per heavy atom. The minimum absolute atomic E-state index is 0.0627. The molecule has 0 radical (unpaired) electrons. The van der Waals surface area contributed by atoms with Crippen molar-refractivity contribution in [3.8, 4) is 17.2 Å². The van der Waals surface area contributed by atoms with Crippen LogP contribution in [0, 0.1) is 0 Å². The first-order chi connectivity index (χ1) is 19.5. The number of hydrogen-bond acceptors (Lipinski definition) is 9. The molecule has 0 N–H and O–H groups in total. The lowest BCUT2D eigenvalue weighted by atomic mass is 10.1. The van der Waals surface area contributed by atoms with E-state index in [1.807, 2.05) is 0 Å². The van der Waals surface area contributed by atoms with Gasteiger partial charge in [-0.05, 0) is 58.4 Å². The van der Waals surface area contributed by atoms with Gasteiger partial charge in [-0.3, -0.25) is 0 Å². The maximum atomic E-state index is 14.0. The summed E-state index contributed by atoms with van der Waals surface area (Å²) in [4.78, 5) is 5.84. The van der Waals surface area contributed by atoms with Crippen LogP contribution in [0.2, 0.25) is 0 Å². The molecule has 216 valence electrons. The zero-order valence-corrected chi connectivity index (χ0v) is 24.8. The van der Waals surface area contributed by atoms with Crippen LogP contribution in [0.15, 0.2) is 70.3 Å². The molecule has 3 aromatic carbocycles. The molecule has 0 aliphatic carbocycles. The average Bonchev–Trinajstić information content (AvgIpc) is 3.49. The molecular formula is C26H22BrF3N4O5S2. The third kappa shape index (κ3) is 5.78. The summed E-state index contributed by atoms with van der Waals surface area (Å²) in [6, 6.07) is 12.8. The van der Waals surface area contributed by atoms with Gasteiger partial charge in [0.2, 0.25) is 5.13 Å². The van der Waals surface area contributed by atoms with Gasteiger partial charge in [-0.15, -0.1) is 0 Å². The number of rotatable bonds is 8. The number of alkyl halides is 3. The van der Waals surface area contributed by atoms with Crippen LogP contribution in [-0.4, -0.2) is 45.1 Å². The molecule has 1 aromatic heterocycles. The number of nitrogens with zero attached hydrogens (tertiary/aromatic N) is 4. The highest BCUT2D eigenvalue weighted by Crippen LogP contribution is 2.43. The van der Waals surface area contributed by atoms with Gasteiger partial charge < -0.3 is 19.1 Å². The van der Waals surface area contributed by atoms with E-state index in [1.54, 1.807) is 29.2 Å². The molecule has 5 rings (SSSR count). The molecule has 0 spiro atoms. The Morgan fingerprint density at radius 2 is 1.85 bits per heavy atom. The Labute approximate surface area is 246 Å². The molecule has 1 aliphatic rings. The number of anilines is 3. The van der Waals surface area contributed by atoms with E-state index in [1.165, 1.54) is 38.7 Å². The van der Waals surface area contributed by atoms with Crippen molar-refractivity contribution in [2.24, 2.45) is 0 Å². The lowest BCUT2D eigenvalue weighted by molar-refractivity contribution is -0.137. The van der Waals surface area contributed by atoms with Gasteiger partial charge in [0.15, 0.2) is 0 Å². The lowest BCUT2D eigenvalue weighted by Crippen LogP contribution is -2.32. The summed E-state index contributed by atoms with van der Waals surface area (Å²) in [5.41, 5.74) is 0.781. The molecule has 0 fully saturated rings. The first kappa shape index (κ1) is 29.0. The lowest BCUT2D eigenvalue weighted by Gasteiger charge is -2.32. The molecule has 0 amide bonds. The molecule has 0 saturated carbocycles. The maximum Gasteiger partial charge on any atom is 0.416 e. The highest BCUT2D eigenvalue weighted by Gasteiger charge is 2.33. The third-order valence-electron chi connectivity index (χ3n) is 6.32. The minimum atomic E-state index is -4.48. The number of aromatic nitrogens is 2. The molecule has 15 heteroatoms. The third-order valence-corrected chi connectivity index (χ3v) is 9.49. The number of methoxy groups -OCH3 is 2. The zero-order valence-electron chi connectivity index (χ0n) is 21.6. The molecule has 4 aromatic rings. The molecule has 9 nitrogen and oxygen atoms in total. The highest BCUT2D eigenvalue weighted by atomic mass is 79.9. The van der Waals surface area contributed by atoms with E-state index in [9.17, 15) is 21.6 Å². The largest absolute Gasteiger partial charge is 0.497 e. The summed E-state index contributed by atoms with van der Waals surface area (Å²) in [6.07, 6.45) is -3.22. The fourth-order valence-electron chi connectivity index (χ4n) is 4.31. The number of ether oxygens (including phenoxy) is 3. The topological polar surface area (TPSA) is 94.1 Å². The predicted octanol–water partition coefficient (Wildman–Crippen LogP) is 6.26. The van der Waals surface area contributed by atoms with E-state index in [-0.39, 0.29) is 33.4 Å². The zero-order chi connectivity index (χ0) is 29.4. The second-order valence-electron chi connectivity index (χ2n) is 8.71. The van der Waals surface area contributed by atoms with Crippen LogP contribution in [0.5, 0.6) is 17.2 Å². The van der Waals surface area contributed by atoms with Gasteiger partial charge in [-0.25, -0.2) is 17.7 Å². The molecule has 0 atom stereocenters. The molecular weight excluding hydrogens is 649 g/mol. The van der Waals surface area contributed by atoms with Crippen molar-refractivity contribution in [3.05, 3.63) is 76.5 Å². The Hall–Kier alpha value is -3.56. The predicted molar refractivity (Wildman–Crippen MR) is 151 cm³/mol. The van der Waals surface area contributed by atoms with Crippen molar-refractivity contribution in [2.45, 2.75) is 17.6 Å². The van der Waals surface area contributed by atoms with Crippen LogP contribution < -0.4 is 23.4 Å². The number of sulfonamides is 1. The molecule has 0 bridgehead atoms. The first-order valence-corrected chi connectivity index (χ1v) is 14.9. The molecule has 41 heavy (non-hydrogen) atoms. The van der Waals surface area contributed by atoms with E-state index in [4.69, 9.17) is 14.2 Å². The van der Waals surface area contributed by atoms with Crippen LogP contribution in [0.3, 0.4) is 0 Å². The summed E-state index contributed by atoms with van der Waals surface area (Å²) in [7, 11) is -1.20. The van der Waals surface area contributed by atoms with Gasteiger partial charge in [0.05, 0.1) is 49.1 Å². The first-order valence-electron chi connectivity index (χ1n) is 11.9. The summed E-state index contributed by atoms with van der Waals surface area (Å²) < 4.78 is 89.4. The van der Waals surface area contributed by atoms with Gasteiger partial charge in [0, 0.05) is 33.7 Å². The summed E-state index contributed by atoms with van der Waals surface area (Å²) >= 11 is 4.17. The van der Waals surface area contributed by atoms with Crippen LogP contribution in [-0.2, 0) is 22.7 Å². The normalized spacial score (nSPS) is 13.4. The van der Waals surface area contributed by atoms with Crippen molar-refractivity contribution in [1.82, 2.24) is 9.36 Å². The van der Waals surface area contributed by atoms with E-state index in [0.717, 1.165) is 28.0 Å². The highest BCUT2D eigenvalue weighted by molar-refractivity contribution is 9.10. The van der Waals surface area contributed by atoms with Crippen molar-refractivity contribution >= 4 is 54.0 Å². The Morgan fingerprint density at radius 3 is 2.51 bits per heavy atom. The van der Waals surface area contributed by atoms with E-state index >= 15 is 0 Å². The van der Waals surface area contributed by atoms with Crippen LogP contribution in [0.1, 0.15) is 11.1 Å². The molecule has 0 unspecified atom stereocenters. The van der Waals surface area contributed by atoms with Crippen molar-refractivity contribution in [1.29, 1.82) is 0 Å². The second kappa shape index (κ2) is 11.4. The minimum Gasteiger partial charge on any atom is -0.497 e. The smallest absolute Gasteiger partial charge is 0.416 e. The second-order valence-corrected chi connectivity index (χ2v) is 12.2. The van der Waals surface area contributed by atoms with Crippen LogP contribution in [0.25, 0.3) is 0 Å². The van der Waals surface area contributed by atoms with Crippen LogP contribution in [0.4, 0.5) is 29.7 Å². The fourth-order valence-corrected chi connectivity index (χ4v) is 7.05. The summed E-state index contributed by atoms with van der Waals surface area (Å²) in [5.74, 6) is 1.25. The van der Waals surface area contributed by atoms with Gasteiger partial charge in [-0.1, -0.05) is 0 Å². The van der Waals surface area contributed by atoms with Gasteiger partial charge in [0.25, 0.3) is 10.0 Å². The Balaban J connectivity index is 1.51. The van der Waals surface area contributed by atoms with E-state index < -0.39 is 21.8 Å². The number of hydrogen-bond donors (Lipinski definition) is 0. The number of fused-ring (bicyclic) bond motifs is 1. The van der Waals surface area contributed by atoms with Gasteiger partial charge in [0.1, 0.15) is 30.2 Å². The van der Waals surface area contributed by atoms with Gasteiger partial charge in [-0.2, -0.15) is 17.5 Å². The standard InChI is InChI=1S/C26H22BrF3N4O5S2/c1-37-18-5-3-16(23(12-18)38-2)14-34(25-31-15-32-40-25)41(35,36)19-6-8-22-24(13-19)39-10-9-33(22)21-7-4-17(11-20(21)27)26(28,29)30/h3-8,11-13,15H,9-10,14H2,1-2H3. The monoisotopic (exact) mass is 670 g/mol. The fraction of sp³-hybridized carbons (Fsp3) is 0.231. The number of benzene rings is 3. The molecule has 1 aliphatic heterocycles. The molecule has 0 saturated heterocycles. The maximum absolute atomic E-state index is 14.0. The number of halogens is 4. The summed E-state index contributed by atoms with van der Waals surface area (Å²) in [5, 5.41) is 0.150. The van der Waals surface area contributed by atoms with Crippen molar-refractivity contribution < 1.29 is 35.8 Å².